The Morgan fingerprint density at radius 2 is 2.07 bits per heavy atom. The van der Waals surface area contributed by atoms with Gasteiger partial charge in [-0.25, -0.2) is 9.07 Å². The fourth-order valence-corrected chi connectivity index (χ4v) is 3.58. The smallest absolute Gasteiger partial charge is 0.255 e. The minimum atomic E-state index is -0.553. The van der Waals surface area contributed by atoms with Gasteiger partial charge in [-0.2, -0.15) is 5.10 Å². The van der Waals surface area contributed by atoms with Gasteiger partial charge in [0.2, 0.25) is 5.91 Å². The van der Waals surface area contributed by atoms with Crippen molar-refractivity contribution in [2.24, 2.45) is 5.73 Å². The lowest BCUT2D eigenvalue weighted by Crippen LogP contribution is -2.25. The molecule has 0 saturated carbocycles. The molecule has 1 aromatic heterocycles. The molecule has 4 rings (SSSR count). The van der Waals surface area contributed by atoms with Crippen molar-refractivity contribution in [3.8, 4) is 11.4 Å². The van der Waals surface area contributed by atoms with Crippen LogP contribution in [0.1, 0.15) is 29.2 Å². The molecule has 1 atom stereocenters. The Morgan fingerprint density at radius 3 is 2.76 bits per heavy atom. The van der Waals surface area contributed by atoms with E-state index >= 15 is 0 Å². The number of aryl methyl sites for hydroxylation is 1. The third-order valence-electron chi connectivity index (χ3n) is 4.82. The first-order chi connectivity index (χ1) is 13.9. The zero-order valence-corrected chi connectivity index (χ0v) is 15.7. The highest BCUT2D eigenvalue weighted by Gasteiger charge is 2.32. The lowest BCUT2D eigenvalue weighted by molar-refractivity contribution is -0.120. The molecule has 2 amide bonds. The van der Waals surface area contributed by atoms with E-state index in [4.69, 9.17) is 10.5 Å². The van der Waals surface area contributed by atoms with Gasteiger partial charge in [0.1, 0.15) is 17.4 Å². The van der Waals surface area contributed by atoms with Gasteiger partial charge in [-0.15, -0.1) is 0 Å². The Hall–Kier alpha value is -3.68. The molecule has 3 N–H and O–H groups in total. The van der Waals surface area contributed by atoms with Crippen LogP contribution in [0.15, 0.2) is 48.5 Å². The third-order valence-corrected chi connectivity index (χ3v) is 4.82. The van der Waals surface area contributed by atoms with Crippen molar-refractivity contribution in [2.45, 2.75) is 19.3 Å². The number of nitrogens with one attached hydrogen (secondary N) is 1. The number of amides is 2. The van der Waals surface area contributed by atoms with Crippen molar-refractivity contribution in [1.29, 1.82) is 0 Å². The lowest BCUT2D eigenvalue weighted by Gasteiger charge is -2.24. The molecule has 0 bridgehead atoms. The van der Waals surface area contributed by atoms with Gasteiger partial charge in [0, 0.05) is 17.9 Å². The van der Waals surface area contributed by atoms with E-state index in [1.165, 1.54) is 12.1 Å². The molecule has 29 heavy (non-hydrogen) atoms. The van der Waals surface area contributed by atoms with E-state index < -0.39 is 5.91 Å². The second-order valence-electron chi connectivity index (χ2n) is 6.87. The van der Waals surface area contributed by atoms with Gasteiger partial charge < -0.3 is 15.8 Å². The van der Waals surface area contributed by atoms with Gasteiger partial charge in [-0.1, -0.05) is 18.2 Å². The number of benzene rings is 2. The van der Waals surface area contributed by atoms with Crippen LogP contribution < -0.4 is 15.8 Å². The van der Waals surface area contributed by atoms with E-state index in [-0.39, 0.29) is 30.7 Å². The first kappa shape index (κ1) is 18.7. The van der Waals surface area contributed by atoms with Gasteiger partial charge in [-0.3, -0.25) is 9.59 Å². The summed E-state index contributed by atoms with van der Waals surface area (Å²) in [5.74, 6) is -0.221. The molecule has 0 spiro atoms. The topological polar surface area (TPSA) is 99.2 Å². The van der Waals surface area contributed by atoms with Crippen LogP contribution in [0.4, 0.5) is 10.2 Å². The number of primary amides is 1. The van der Waals surface area contributed by atoms with Crippen molar-refractivity contribution >= 4 is 17.6 Å². The minimum Gasteiger partial charge on any atom is -0.484 e. The molecule has 0 fully saturated rings. The fraction of sp³-hybridized carbons (Fsp3) is 0.190. The largest absolute Gasteiger partial charge is 0.484 e. The number of carbonyl (C=O) groups is 2. The number of anilines is 1. The number of carbonyl (C=O) groups excluding carboxylic acids is 2. The molecule has 1 aliphatic heterocycles. The van der Waals surface area contributed by atoms with Crippen LogP contribution in [0.3, 0.4) is 0 Å². The summed E-state index contributed by atoms with van der Waals surface area (Å²) < 4.78 is 20.5. The normalized spacial score (nSPS) is 15.5. The number of hydrogen-bond donors (Lipinski definition) is 2. The van der Waals surface area contributed by atoms with Crippen LogP contribution in [0.5, 0.6) is 5.75 Å². The van der Waals surface area contributed by atoms with Gasteiger partial charge in [0.25, 0.3) is 5.91 Å². The molecule has 0 aliphatic carbocycles. The maximum absolute atomic E-state index is 13.7. The summed E-state index contributed by atoms with van der Waals surface area (Å²) in [5.41, 5.74) is 8.18. The van der Waals surface area contributed by atoms with E-state index in [9.17, 15) is 14.0 Å². The highest BCUT2D eigenvalue weighted by atomic mass is 19.1. The molecule has 0 unspecified atom stereocenters. The SMILES string of the molecule is Cc1nn(-c2cccc(F)c2)c2c1[C@H](c1ccc(OCC(N)=O)cc1)CC(=O)N2. The molecular weight excluding hydrogens is 375 g/mol. The molecule has 0 saturated heterocycles. The maximum Gasteiger partial charge on any atom is 0.255 e. The van der Waals surface area contributed by atoms with Crippen molar-refractivity contribution in [3.63, 3.8) is 0 Å². The van der Waals surface area contributed by atoms with Crippen LogP contribution in [-0.4, -0.2) is 28.2 Å². The fourth-order valence-electron chi connectivity index (χ4n) is 3.58. The molecule has 2 aromatic carbocycles. The Bertz CT molecular complexity index is 1090. The average molecular weight is 394 g/mol. The minimum absolute atomic E-state index is 0.144. The Labute approximate surface area is 166 Å². The molecule has 7 nitrogen and oxygen atoms in total. The zero-order valence-electron chi connectivity index (χ0n) is 15.7. The van der Waals surface area contributed by atoms with E-state index in [0.717, 1.165) is 16.8 Å². The number of hydrogen-bond acceptors (Lipinski definition) is 4. The van der Waals surface area contributed by atoms with Gasteiger partial charge in [-0.05, 0) is 42.8 Å². The molecule has 148 valence electrons. The number of fused-ring (bicyclic) bond motifs is 1. The lowest BCUT2D eigenvalue weighted by atomic mass is 9.86. The number of nitrogens with zero attached hydrogens (tertiary/aromatic N) is 2. The monoisotopic (exact) mass is 394 g/mol. The van der Waals surface area contributed by atoms with E-state index in [1.54, 1.807) is 28.9 Å². The van der Waals surface area contributed by atoms with Crippen molar-refractivity contribution in [3.05, 3.63) is 71.2 Å². The number of nitrogens with two attached hydrogens (primary N) is 1. The van der Waals surface area contributed by atoms with Crippen LogP contribution in [0.2, 0.25) is 0 Å². The highest BCUT2D eigenvalue weighted by Crippen LogP contribution is 2.40. The number of ether oxygens (including phenoxy) is 1. The second-order valence-corrected chi connectivity index (χ2v) is 6.87. The molecule has 0 radical (unpaired) electrons. The quantitative estimate of drug-likeness (QED) is 0.695. The van der Waals surface area contributed by atoms with Crippen LogP contribution in [-0.2, 0) is 9.59 Å². The summed E-state index contributed by atoms with van der Waals surface area (Å²) in [4.78, 5) is 23.3. The van der Waals surface area contributed by atoms with Crippen molar-refractivity contribution in [1.82, 2.24) is 9.78 Å². The second kappa shape index (κ2) is 7.38. The summed E-state index contributed by atoms with van der Waals surface area (Å²) in [6.07, 6.45) is 0.268. The predicted molar refractivity (Wildman–Crippen MR) is 104 cm³/mol. The summed E-state index contributed by atoms with van der Waals surface area (Å²) in [7, 11) is 0. The Balaban J connectivity index is 1.71. The van der Waals surface area contributed by atoms with Gasteiger partial charge >= 0.3 is 0 Å². The molecular formula is C21H19FN4O3. The van der Waals surface area contributed by atoms with E-state index in [0.29, 0.717) is 17.3 Å². The molecule has 3 aromatic rings. The number of aromatic nitrogens is 2. The summed E-state index contributed by atoms with van der Waals surface area (Å²) in [6.45, 7) is 1.66. The predicted octanol–water partition coefficient (Wildman–Crippen LogP) is 2.66. The Kier molecular flexibility index (Phi) is 4.75. The van der Waals surface area contributed by atoms with E-state index in [1.807, 2.05) is 19.1 Å². The Morgan fingerprint density at radius 1 is 1.31 bits per heavy atom. The highest BCUT2D eigenvalue weighted by molar-refractivity contribution is 5.95. The van der Waals surface area contributed by atoms with E-state index in [2.05, 4.69) is 10.4 Å². The third kappa shape index (κ3) is 3.69. The number of halogens is 1. The maximum atomic E-state index is 13.7. The first-order valence-corrected chi connectivity index (χ1v) is 9.08. The van der Waals surface area contributed by atoms with Gasteiger partial charge in [0.05, 0.1) is 11.4 Å². The molecule has 8 heteroatoms. The van der Waals surface area contributed by atoms with Crippen LogP contribution >= 0.6 is 0 Å². The van der Waals surface area contributed by atoms with Crippen molar-refractivity contribution < 1.29 is 18.7 Å². The van der Waals surface area contributed by atoms with Gasteiger partial charge in [0.15, 0.2) is 6.61 Å². The molecule has 2 heterocycles. The average Bonchev–Trinajstić information content (AvgIpc) is 3.02. The first-order valence-electron chi connectivity index (χ1n) is 9.08. The zero-order chi connectivity index (χ0) is 20.5. The van der Waals surface area contributed by atoms with Crippen LogP contribution in [0.25, 0.3) is 5.69 Å². The van der Waals surface area contributed by atoms with Crippen LogP contribution in [0, 0.1) is 12.7 Å². The summed E-state index contributed by atoms with van der Waals surface area (Å²) in [5, 5.41) is 7.41. The number of rotatable bonds is 5. The molecule has 1 aliphatic rings. The standard InChI is InChI=1S/C21H19FN4O3/c1-12-20-17(13-5-7-16(8-6-13)29-11-18(23)27)10-19(28)24-21(20)26(25-12)15-4-2-3-14(22)9-15/h2-9,17H,10-11H2,1H3,(H2,23,27)(H,24,28)/t17-/m0/s1. The summed E-state index contributed by atoms with van der Waals surface area (Å²) >= 11 is 0. The van der Waals surface area contributed by atoms with Crippen molar-refractivity contribution in [2.75, 3.05) is 11.9 Å². The summed E-state index contributed by atoms with van der Waals surface area (Å²) in [6, 6.07) is 13.2.